The average molecular weight is 283 g/mol. The number of esters is 1. The first-order valence-electron chi connectivity index (χ1n) is 6.70. The predicted molar refractivity (Wildman–Crippen MR) is 79.8 cm³/mol. The molecule has 0 heterocycles. The molecule has 0 saturated carbocycles. The van der Waals surface area contributed by atoms with Gasteiger partial charge in [-0.05, 0) is 30.5 Å². The van der Waals surface area contributed by atoms with E-state index in [1.54, 1.807) is 12.1 Å². The molecule has 2 N–H and O–H groups in total. The predicted octanol–water partition coefficient (Wildman–Crippen LogP) is 2.31. The van der Waals surface area contributed by atoms with E-state index in [9.17, 15) is 9.59 Å². The fraction of sp³-hybridized carbons (Fsp3) is 0.176. The van der Waals surface area contributed by atoms with Crippen LogP contribution in [-0.2, 0) is 16.0 Å². The maximum atomic E-state index is 12.1. The number of carbonyl (C=O) groups is 2. The van der Waals surface area contributed by atoms with E-state index in [1.165, 1.54) is 6.92 Å². The summed E-state index contributed by atoms with van der Waals surface area (Å²) in [7, 11) is 0. The minimum atomic E-state index is -0.942. The Morgan fingerprint density at radius 2 is 1.67 bits per heavy atom. The van der Waals surface area contributed by atoms with Crippen molar-refractivity contribution >= 4 is 11.9 Å². The van der Waals surface area contributed by atoms with Gasteiger partial charge in [0.1, 0.15) is 0 Å². The number of nitrogens with two attached hydrogens (primary N) is 1. The zero-order valence-electron chi connectivity index (χ0n) is 11.8. The molecule has 2 aromatic carbocycles. The highest BCUT2D eigenvalue weighted by atomic mass is 16.5. The van der Waals surface area contributed by atoms with Crippen LogP contribution >= 0.6 is 0 Å². The normalized spacial score (nSPS) is 11.7. The van der Waals surface area contributed by atoms with Crippen molar-refractivity contribution in [2.75, 3.05) is 0 Å². The number of benzene rings is 2. The van der Waals surface area contributed by atoms with Crippen molar-refractivity contribution in [2.45, 2.75) is 19.4 Å². The third-order valence-electron chi connectivity index (χ3n) is 3.16. The molecule has 0 unspecified atom stereocenters. The maximum absolute atomic E-state index is 12.1. The van der Waals surface area contributed by atoms with Crippen LogP contribution in [0.5, 0.6) is 0 Å². The molecule has 108 valence electrons. The first-order chi connectivity index (χ1) is 10.1. The van der Waals surface area contributed by atoms with E-state index in [2.05, 4.69) is 0 Å². The van der Waals surface area contributed by atoms with Gasteiger partial charge in [-0.2, -0.15) is 0 Å². The summed E-state index contributed by atoms with van der Waals surface area (Å²) < 4.78 is 5.06. The van der Waals surface area contributed by atoms with Crippen LogP contribution in [0, 0.1) is 0 Å². The molecule has 0 radical (unpaired) electrons. The lowest BCUT2D eigenvalue weighted by molar-refractivity contribution is -0.125. The second-order valence-electron chi connectivity index (χ2n) is 4.77. The zero-order valence-corrected chi connectivity index (χ0v) is 11.8. The topological polar surface area (TPSA) is 69.4 Å². The number of amides is 1. The van der Waals surface area contributed by atoms with Crippen molar-refractivity contribution in [1.82, 2.24) is 0 Å². The Kier molecular flexibility index (Phi) is 4.72. The van der Waals surface area contributed by atoms with Crippen molar-refractivity contribution in [3.63, 3.8) is 0 Å². The molecule has 4 heteroatoms. The van der Waals surface area contributed by atoms with E-state index < -0.39 is 18.0 Å². The van der Waals surface area contributed by atoms with E-state index in [1.807, 2.05) is 42.5 Å². The quantitative estimate of drug-likeness (QED) is 0.856. The molecule has 2 aromatic rings. The Bertz CT molecular complexity index is 637. The minimum Gasteiger partial charge on any atom is -0.449 e. The van der Waals surface area contributed by atoms with Gasteiger partial charge in [0, 0.05) is 0 Å². The number of primary amides is 1. The van der Waals surface area contributed by atoms with E-state index in [4.69, 9.17) is 10.5 Å². The van der Waals surface area contributed by atoms with E-state index in [0.717, 1.165) is 11.1 Å². The van der Waals surface area contributed by atoms with Crippen LogP contribution in [0.4, 0.5) is 0 Å². The first kappa shape index (κ1) is 14.8. The van der Waals surface area contributed by atoms with E-state index in [-0.39, 0.29) is 0 Å². The second-order valence-corrected chi connectivity index (χ2v) is 4.77. The molecular weight excluding hydrogens is 266 g/mol. The molecule has 0 fully saturated rings. The summed E-state index contributed by atoms with van der Waals surface area (Å²) in [5.41, 5.74) is 7.51. The summed E-state index contributed by atoms with van der Waals surface area (Å²) in [4.78, 5) is 23.1. The highest BCUT2D eigenvalue weighted by Crippen LogP contribution is 2.16. The monoisotopic (exact) mass is 283 g/mol. The van der Waals surface area contributed by atoms with Crippen LogP contribution in [-0.4, -0.2) is 18.0 Å². The fourth-order valence-corrected chi connectivity index (χ4v) is 1.97. The number of carbonyl (C=O) groups excluding carboxylic acids is 2. The van der Waals surface area contributed by atoms with Gasteiger partial charge in [0.25, 0.3) is 5.91 Å². The molecule has 21 heavy (non-hydrogen) atoms. The third kappa shape index (κ3) is 3.92. The smallest absolute Gasteiger partial charge is 0.339 e. The number of ether oxygens (including phenoxy) is 1. The van der Waals surface area contributed by atoms with Gasteiger partial charge in [-0.15, -0.1) is 0 Å². The van der Waals surface area contributed by atoms with Gasteiger partial charge < -0.3 is 10.5 Å². The van der Waals surface area contributed by atoms with Crippen LogP contribution in [0.2, 0.25) is 0 Å². The molecule has 1 amide bonds. The summed E-state index contributed by atoms with van der Waals surface area (Å²) in [6.07, 6.45) is -0.320. The molecule has 0 aliphatic heterocycles. The van der Waals surface area contributed by atoms with Crippen LogP contribution in [0.25, 0.3) is 0 Å². The molecule has 0 bridgehead atoms. The number of rotatable bonds is 5. The summed E-state index contributed by atoms with van der Waals surface area (Å²) in [6, 6.07) is 17.0. The molecule has 0 saturated heterocycles. The van der Waals surface area contributed by atoms with Gasteiger partial charge in [-0.25, -0.2) is 4.79 Å². The van der Waals surface area contributed by atoms with E-state index >= 15 is 0 Å². The van der Waals surface area contributed by atoms with Gasteiger partial charge in [0.05, 0.1) is 5.56 Å². The van der Waals surface area contributed by atoms with Crippen molar-refractivity contribution in [2.24, 2.45) is 5.73 Å². The van der Waals surface area contributed by atoms with Gasteiger partial charge in [-0.3, -0.25) is 4.79 Å². The molecule has 0 spiro atoms. The van der Waals surface area contributed by atoms with Gasteiger partial charge in [0.15, 0.2) is 6.10 Å². The van der Waals surface area contributed by atoms with Crippen molar-refractivity contribution in [3.05, 3.63) is 71.3 Å². The Morgan fingerprint density at radius 3 is 2.33 bits per heavy atom. The highest BCUT2D eigenvalue weighted by Gasteiger charge is 2.18. The zero-order chi connectivity index (χ0) is 15.2. The standard InChI is InChI=1S/C17H17NO3/c1-12(16(18)19)21-17(20)15-10-6-5-9-14(15)11-13-7-3-2-4-8-13/h2-10,12H,11H2,1H3,(H2,18,19)/t12-/m0/s1. The third-order valence-corrected chi connectivity index (χ3v) is 3.16. The Labute approximate surface area is 123 Å². The van der Waals surface area contributed by atoms with Crippen molar-refractivity contribution in [3.8, 4) is 0 Å². The molecule has 1 atom stereocenters. The maximum Gasteiger partial charge on any atom is 0.339 e. The minimum absolute atomic E-state index is 0.453. The first-order valence-corrected chi connectivity index (χ1v) is 6.70. The summed E-state index contributed by atoms with van der Waals surface area (Å²) >= 11 is 0. The number of hydrogen-bond acceptors (Lipinski definition) is 3. The van der Waals surface area contributed by atoms with Crippen molar-refractivity contribution in [1.29, 1.82) is 0 Å². The Morgan fingerprint density at radius 1 is 1.05 bits per heavy atom. The van der Waals surface area contributed by atoms with Gasteiger partial charge >= 0.3 is 5.97 Å². The molecule has 2 rings (SSSR count). The largest absolute Gasteiger partial charge is 0.449 e. The fourth-order valence-electron chi connectivity index (χ4n) is 1.97. The van der Waals surface area contributed by atoms with Crippen LogP contribution < -0.4 is 5.73 Å². The van der Waals surface area contributed by atoms with Crippen LogP contribution in [0.15, 0.2) is 54.6 Å². The second kappa shape index (κ2) is 6.70. The lowest BCUT2D eigenvalue weighted by Gasteiger charge is -2.12. The lowest BCUT2D eigenvalue weighted by Crippen LogP contribution is -2.30. The summed E-state index contributed by atoms with van der Waals surface area (Å²) in [5, 5.41) is 0. The molecular formula is C17H17NO3. The van der Waals surface area contributed by atoms with Gasteiger partial charge in [0.2, 0.25) is 0 Å². The molecule has 0 aromatic heterocycles. The summed E-state index contributed by atoms with van der Waals surface area (Å²) in [6.45, 7) is 1.46. The van der Waals surface area contributed by atoms with Gasteiger partial charge in [-0.1, -0.05) is 48.5 Å². The number of hydrogen-bond donors (Lipinski definition) is 1. The average Bonchev–Trinajstić information content (AvgIpc) is 2.48. The van der Waals surface area contributed by atoms with Crippen LogP contribution in [0.3, 0.4) is 0 Å². The van der Waals surface area contributed by atoms with Crippen molar-refractivity contribution < 1.29 is 14.3 Å². The molecule has 0 aliphatic carbocycles. The van der Waals surface area contributed by atoms with E-state index in [0.29, 0.717) is 12.0 Å². The molecule has 0 aliphatic rings. The Balaban J connectivity index is 2.20. The lowest BCUT2D eigenvalue weighted by atomic mass is 10.00. The highest BCUT2D eigenvalue weighted by molar-refractivity contribution is 5.93. The molecule has 4 nitrogen and oxygen atoms in total. The Hall–Kier alpha value is -2.62. The summed E-state index contributed by atoms with van der Waals surface area (Å²) in [5.74, 6) is -1.20. The SMILES string of the molecule is C[C@H](OC(=O)c1ccccc1Cc1ccccc1)C(N)=O. The van der Waals surface area contributed by atoms with Crippen LogP contribution in [0.1, 0.15) is 28.4 Å².